The summed E-state index contributed by atoms with van der Waals surface area (Å²) in [6.45, 7) is 14.5. The highest BCUT2D eigenvalue weighted by Crippen LogP contribution is 2.76. The fourth-order valence-electron chi connectivity index (χ4n) is 13.7. The number of fused-ring (bicyclic) bond motifs is 7. The number of carbonyl (C=O) groups is 1. The second kappa shape index (κ2) is 14.4. The Morgan fingerprint density at radius 1 is 0.714 bits per heavy atom. The van der Waals surface area contributed by atoms with Gasteiger partial charge in [-0.1, -0.05) is 60.1 Å². The van der Waals surface area contributed by atoms with Crippen LogP contribution in [-0.4, -0.2) is 139 Å². The molecule has 0 bridgehead atoms. The van der Waals surface area contributed by atoms with Gasteiger partial charge in [-0.05, 0) is 103 Å². The quantitative estimate of drug-likeness (QED) is 0.105. The maximum atomic E-state index is 14.6. The van der Waals surface area contributed by atoms with Gasteiger partial charge in [-0.3, -0.25) is 4.79 Å². The van der Waals surface area contributed by atoms with Gasteiger partial charge in [0.2, 0.25) is 6.29 Å². The summed E-state index contributed by atoms with van der Waals surface area (Å²) in [7, 11) is 0. The van der Waals surface area contributed by atoms with Crippen LogP contribution < -0.4 is 0 Å². The molecule has 7 aliphatic rings. The number of rotatable bonds is 6. The summed E-state index contributed by atoms with van der Waals surface area (Å²) in [4.78, 5) is 14.6. The first kappa shape index (κ1) is 42.8. The maximum Gasteiger partial charge on any atom is 0.315 e. The van der Waals surface area contributed by atoms with E-state index >= 15 is 0 Å². The van der Waals surface area contributed by atoms with Crippen LogP contribution in [0.1, 0.15) is 106 Å². The Hall–Kier alpha value is -1.27. The van der Waals surface area contributed by atoms with Crippen molar-refractivity contribution in [1.82, 2.24) is 0 Å². The Balaban J connectivity index is 1.17. The van der Waals surface area contributed by atoms with E-state index in [1.54, 1.807) is 0 Å². The SMILES string of the molecule is CC1(C)CC[C@]2(C(=O)O[C@@H]3O[C@H](CO)[C@@H](O)[C@H](O)[C@H]3O)CC[C@]3(C)C(=CC[C@@H]4[C@@]5(C)C[C@@H](O)[C@H](O[C@@H]6O[C@H](CO)[C@@H](O)[C@H](O)[C@H]6O)C(C)(C)[C@@H]5CC[C@]43C)[C@@H]2C1. The zero-order valence-corrected chi connectivity index (χ0v) is 34.1. The van der Waals surface area contributed by atoms with Gasteiger partial charge in [-0.15, -0.1) is 0 Å². The number of allylic oxidation sites excluding steroid dienone is 2. The van der Waals surface area contributed by atoms with Crippen molar-refractivity contribution >= 4 is 5.97 Å². The summed E-state index contributed by atoms with van der Waals surface area (Å²) in [5.74, 6) is -0.351. The van der Waals surface area contributed by atoms with Crippen LogP contribution >= 0.6 is 0 Å². The van der Waals surface area contributed by atoms with Crippen LogP contribution in [0.3, 0.4) is 0 Å². The van der Waals surface area contributed by atoms with E-state index in [-0.39, 0.29) is 39.4 Å². The minimum absolute atomic E-state index is 0.0501. The molecule has 0 aromatic heterocycles. The van der Waals surface area contributed by atoms with E-state index < -0.39 is 104 Å². The Bertz CT molecular complexity index is 1520. The highest BCUT2D eigenvalue weighted by Gasteiger charge is 2.71. The second-order valence-corrected chi connectivity index (χ2v) is 20.8. The van der Waals surface area contributed by atoms with Gasteiger partial charge in [0.1, 0.15) is 48.8 Å². The van der Waals surface area contributed by atoms with Crippen LogP contribution in [0.15, 0.2) is 11.6 Å². The second-order valence-electron chi connectivity index (χ2n) is 20.8. The largest absolute Gasteiger partial charge is 0.432 e. The lowest BCUT2D eigenvalue weighted by Gasteiger charge is -2.71. The normalized spacial score (nSPS) is 53.7. The molecule has 0 aromatic carbocycles. The molecule has 5 aliphatic carbocycles. The summed E-state index contributed by atoms with van der Waals surface area (Å²) in [5, 5.41) is 94.7. The van der Waals surface area contributed by atoms with Crippen molar-refractivity contribution in [1.29, 1.82) is 0 Å². The Kier molecular flexibility index (Phi) is 11.0. The molecule has 14 nitrogen and oxygen atoms in total. The van der Waals surface area contributed by atoms with Crippen molar-refractivity contribution in [3.8, 4) is 0 Å². The minimum atomic E-state index is -1.68. The van der Waals surface area contributed by atoms with Gasteiger partial charge in [-0.25, -0.2) is 0 Å². The number of aliphatic hydroxyl groups excluding tert-OH is 9. The van der Waals surface area contributed by atoms with Gasteiger partial charge in [0.15, 0.2) is 6.29 Å². The fraction of sp³-hybridized carbons (Fsp3) is 0.929. The van der Waals surface area contributed by atoms with Gasteiger partial charge in [-0.2, -0.15) is 0 Å². The number of hydrogen-bond donors (Lipinski definition) is 9. The zero-order valence-electron chi connectivity index (χ0n) is 34.1. The third-order valence-corrected chi connectivity index (χ3v) is 17.1. The molecule has 6 fully saturated rings. The molecule has 0 amide bonds. The van der Waals surface area contributed by atoms with Crippen molar-refractivity contribution in [3.63, 3.8) is 0 Å². The molecule has 7 rings (SSSR count). The summed E-state index contributed by atoms with van der Waals surface area (Å²) in [6.07, 6.45) is -7.70. The first-order valence-corrected chi connectivity index (χ1v) is 20.9. The smallest absolute Gasteiger partial charge is 0.315 e. The highest BCUT2D eigenvalue weighted by molar-refractivity contribution is 5.79. The van der Waals surface area contributed by atoms with E-state index in [1.165, 1.54) is 5.57 Å². The van der Waals surface area contributed by atoms with Crippen LogP contribution in [0, 0.1) is 50.2 Å². The van der Waals surface area contributed by atoms with Crippen molar-refractivity contribution in [2.45, 2.75) is 180 Å². The van der Waals surface area contributed by atoms with Gasteiger partial charge in [0.25, 0.3) is 0 Å². The molecule has 320 valence electrons. The molecule has 0 aromatic rings. The fourth-order valence-corrected chi connectivity index (χ4v) is 13.7. The average Bonchev–Trinajstić information content (AvgIpc) is 3.13. The zero-order chi connectivity index (χ0) is 41.1. The van der Waals surface area contributed by atoms with E-state index in [4.69, 9.17) is 18.9 Å². The Morgan fingerprint density at radius 2 is 1.29 bits per heavy atom. The summed E-state index contributed by atoms with van der Waals surface area (Å²) in [5.41, 5.74) is -1.07. The number of carbonyl (C=O) groups excluding carboxylic acids is 1. The number of aliphatic hydroxyl groups is 9. The number of hydrogen-bond acceptors (Lipinski definition) is 14. The van der Waals surface area contributed by atoms with Crippen LogP contribution in [0.4, 0.5) is 0 Å². The van der Waals surface area contributed by atoms with Crippen LogP contribution in [-0.2, 0) is 23.7 Å². The lowest BCUT2D eigenvalue weighted by Crippen LogP contribution is -2.68. The van der Waals surface area contributed by atoms with Crippen LogP contribution in [0.2, 0.25) is 0 Å². The predicted molar refractivity (Wildman–Crippen MR) is 199 cm³/mol. The third-order valence-electron chi connectivity index (χ3n) is 17.1. The van der Waals surface area contributed by atoms with E-state index in [2.05, 4.69) is 54.5 Å². The summed E-state index contributed by atoms with van der Waals surface area (Å²) in [6, 6.07) is 0. The van der Waals surface area contributed by atoms with E-state index in [0.29, 0.717) is 19.3 Å². The monoisotopic (exact) mass is 796 g/mol. The molecule has 2 saturated heterocycles. The highest BCUT2D eigenvalue weighted by atomic mass is 16.7. The van der Waals surface area contributed by atoms with Crippen molar-refractivity contribution < 1.29 is 69.7 Å². The maximum absolute atomic E-state index is 14.6. The topological polar surface area (TPSA) is 236 Å². The first-order valence-electron chi connectivity index (χ1n) is 20.9. The van der Waals surface area contributed by atoms with Crippen molar-refractivity contribution in [2.24, 2.45) is 50.2 Å². The van der Waals surface area contributed by atoms with Gasteiger partial charge >= 0.3 is 5.97 Å². The van der Waals surface area contributed by atoms with E-state index in [1.807, 2.05) is 0 Å². The standard InChI is InChI=1S/C42H68O14/c1-37(2)12-14-42(36(52)56-35-32(51)30(49)28(47)24(19-44)54-35)15-13-40(6)20(21(42)16-37)8-9-26-39(5)17-22(45)33(38(3,4)25(39)10-11-41(26,40)7)55-34-31(50)29(48)27(46)23(18-43)53-34/h8,21-35,43-51H,9-19H2,1-7H3/t21-,22+,23+,24+,25-,26+,27+,28+,29-,30-,31+,32+,33-,34-,35-,39-,40+,41+,42-/m0/s1. The van der Waals surface area contributed by atoms with Crippen LogP contribution in [0.5, 0.6) is 0 Å². The molecule has 0 radical (unpaired) electrons. The van der Waals surface area contributed by atoms with Gasteiger partial charge < -0.3 is 64.9 Å². The molecule has 0 unspecified atom stereocenters. The molecule has 56 heavy (non-hydrogen) atoms. The first-order chi connectivity index (χ1) is 26.0. The molecule has 14 heteroatoms. The minimum Gasteiger partial charge on any atom is -0.432 e. The van der Waals surface area contributed by atoms with Gasteiger partial charge in [0, 0.05) is 0 Å². The molecule has 2 heterocycles. The van der Waals surface area contributed by atoms with Gasteiger partial charge in [0.05, 0.1) is 30.8 Å². The molecule has 4 saturated carbocycles. The molecule has 0 spiro atoms. The molecule has 19 atom stereocenters. The summed E-state index contributed by atoms with van der Waals surface area (Å²) < 4.78 is 23.7. The predicted octanol–water partition coefficient (Wildman–Crippen LogP) is 1.29. The van der Waals surface area contributed by atoms with E-state index in [9.17, 15) is 50.8 Å². The molecular weight excluding hydrogens is 728 g/mol. The van der Waals surface area contributed by atoms with E-state index in [0.717, 1.165) is 38.5 Å². The molecular formula is C42H68O14. The van der Waals surface area contributed by atoms with Crippen molar-refractivity contribution in [3.05, 3.63) is 11.6 Å². The lowest BCUT2D eigenvalue weighted by molar-refractivity contribution is -0.341. The van der Waals surface area contributed by atoms with Crippen LogP contribution in [0.25, 0.3) is 0 Å². The Morgan fingerprint density at radius 3 is 1.89 bits per heavy atom. The number of ether oxygens (including phenoxy) is 4. The third kappa shape index (κ3) is 6.21. The average molecular weight is 797 g/mol. The summed E-state index contributed by atoms with van der Waals surface area (Å²) >= 11 is 0. The van der Waals surface area contributed by atoms with Crippen molar-refractivity contribution in [2.75, 3.05) is 13.2 Å². The number of esters is 1. The Labute approximate surface area is 330 Å². The lowest BCUT2D eigenvalue weighted by atomic mass is 9.33. The molecule has 9 N–H and O–H groups in total. The molecule has 2 aliphatic heterocycles.